The maximum Gasteiger partial charge on any atom is 0.136 e. The monoisotopic (exact) mass is 558 g/mol. The quantitative estimate of drug-likeness (QED) is 0.0556. The van der Waals surface area contributed by atoms with E-state index in [-0.39, 0.29) is 16.6 Å². The van der Waals surface area contributed by atoms with Crippen molar-refractivity contribution in [3.05, 3.63) is 105 Å². The predicted octanol–water partition coefficient (Wildman–Crippen LogP) is 12.6. The fraction of sp³-hybridized carbons (Fsp3) is 0.550. The molecule has 0 spiro atoms. The first-order chi connectivity index (χ1) is 19.5. The fourth-order valence-electron chi connectivity index (χ4n) is 6.26. The third kappa shape index (κ3) is 15.2. The molecule has 0 saturated heterocycles. The molecule has 0 bridgehead atoms. The smallest absolute Gasteiger partial charge is 0.136 e. The van der Waals surface area contributed by atoms with Crippen molar-refractivity contribution in [2.75, 3.05) is 0 Å². The molecular formula is C40H62O. The summed E-state index contributed by atoms with van der Waals surface area (Å²) in [5, 5.41) is 0. The minimum Gasteiger partial charge on any atom is -0.299 e. The molecule has 0 aromatic carbocycles. The van der Waals surface area contributed by atoms with Crippen molar-refractivity contribution in [2.24, 2.45) is 16.7 Å². The van der Waals surface area contributed by atoms with Crippen LogP contribution in [-0.4, -0.2) is 5.78 Å². The van der Waals surface area contributed by atoms with Gasteiger partial charge in [0.1, 0.15) is 5.78 Å². The van der Waals surface area contributed by atoms with Crippen LogP contribution in [0.15, 0.2) is 105 Å². The summed E-state index contributed by atoms with van der Waals surface area (Å²) in [6, 6.07) is 0. The van der Waals surface area contributed by atoms with Crippen LogP contribution in [0, 0.1) is 16.7 Å². The molecule has 1 nitrogen and oxygen atoms in total. The van der Waals surface area contributed by atoms with E-state index in [1.807, 2.05) is 18.2 Å². The van der Waals surface area contributed by atoms with Gasteiger partial charge in [-0.2, -0.15) is 0 Å². The zero-order valence-electron chi connectivity index (χ0n) is 27.3. The highest BCUT2D eigenvalue weighted by atomic mass is 16.1. The highest BCUT2D eigenvalue weighted by Crippen LogP contribution is 2.47. The number of hydrogen-bond donors (Lipinski definition) is 0. The van der Waals surface area contributed by atoms with Crippen LogP contribution in [0.5, 0.6) is 0 Å². The Morgan fingerprint density at radius 3 is 1.93 bits per heavy atom. The Balaban J connectivity index is 6.31. The number of carbonyl (C=O) groups excluding carboxylic acids is 1. The van der Waals surface area contributed by atoms with Gasteiger partial charge in [-0.15, -0.1) is 12.3 Å². The summed E-state index contributed by atoms with van der Waals surface area (Å²) in [7, 11) is 0. The largest absolute Gasteiger partial charge is 0.299 e. The molecule has 0 saturated carbocycles. The van der Waals surface area contributed by atoms with Gasteiger partial charge >= 0.3 is 0 Å². The average Bonchev–Trinajstić information content (AvgIpc) is 2.97. The van der Waals surface area contributed by atoms with Gasteiger partial charge in [-0.1, -0.05) is 121 Å². The predicted molar refractivity (Wildman–Crippen MR) is 185 cm³/mol. The average molecular weight is 559 g/mol. The van der Waals surface area contributed by atoms with Crippen LogP contribution >= 0.6 is 0 Å². The van der Waals surface area contributed by atoms with Gasteiger partial charge in [-0.05, 0) is 99.4 Å². The maximum absolute atomic E-state index is 12.7. The van der Waals surface area contributed by atoms with E-state index in [1.165, 1.54) is 18.4 Å². The van der Waals surface area contributed by atoms with Crippen molar-refractivity contribution < 1.29 is 4.79 Å². The maximum atomic E-state index is 12.7. The zero-order valence-corrected chi connectivity index (χ0v) is 27.3. The molecule has 1 heteroatoms. The van der Waals surface area contributed by atoms with Crippen molar-refractivity contribution in [3.8, 4) is 0 Å². The van der Waals surface area contributed by atoms with Crippen molar-refractivity contribution in [2.45, 2.75) is 124 Å². The molecular weight excluding hydrogens is 496 g/mol. The van der Waals surface area contributed by atoms with E-state index >= 15 is 0 Å². The van der Waals surface area contributed by atoms with E-state index < -0.39 is 0 Å². The number of allylic oxidation sites excluding steroid dienone is 8. The molecule has 0 N–H and O–H groups in total. The van der Waals surface area contributed by atoms with Gasteiger partial charge in [-0.3, -0.25) is 4.79 Å². The molecule has 0 aliphatic heterocycles. The molecule has 0 aliphatic rings. The lowest BCUT2D eigenvalue weighted by Gasteiger charge is -2.40. The van der Waals surface area contributed by atoms with E-state index in [4.69, 9.17) is 0 Å². The number of carbonyl (C=O) groups is 1. The van der Waals surface area contributed by atoms with Crippen LogP contribution in [0.3, 0.4) is 0 Å². The molecule has 0 rings (SSSR count). The Morgan fingerprint density at radius 1 is 0.780 bits per heavy atom. The van der Waals surface area contributed by atoms with Gasteiger partial charge in [0.05, 0.1) is 0 Å². The lowest BCUT2D eigenvalue weighted by molar-refractivity contribution is -0.119. The van der Waals surface area contributed by atoms with E-state index in [1.54, 1.807) is 6.08 Å². The Hall–Kier alpha value is -2.63. The van der Waals surface area contributed by atoms with Gasteiger partial charge in [-0.25, -0.2) is 0 Å². The van der Waals surface area contributed by atoms with Crippen molar-refractivity contribution in [3.63, 3.8) is 0 Å². The van der Waals surface area contributed by atoms with Gasteiger partial charge in [0.15, 0.2) is 0 Å². The van der Waals surface area contributed by atoms with Crippen LogP contribution in [0.1, 0.15) is 124 Å². The topological polar surface area (TPSA) is 17.1 Å². The van der Waals surface area contributed by atoms with Crippen molar-refractivity contribution in [1.29, 1.82) is 0 Å². The molecule has 0 amide bonds. The molecule has 0 aliphatic carbocycles. The first-order valence-corrected chi connectivity index (χ1v) is 15.9. The lowest BCUT2D eigenvalue weighted by atomic mass is 9.65. The summed E-state index contributed by atoms with van der Waals surface area (Å²) in [6.45, 7) is 39.2. The molecule has 3 atom stereocenters. The summed E-state index contributed by atoms with van der Waals surface area (Å²) in [5.41, 5.74) is 7.93. The van der Waals surface area contributed by atoms with Crippen LogP contribution in [0.2, 0.25) is 0 Å². The first kappa shape index (κ1) is 38.4. The number of rotatable bonds is 27. The Morgan fingerprint density at radius 2 is 1.39 bits per heavy atom. The second-order valence-corrected chi connectivity index (χ2v) is 12.4. The Kier molecular flexibility index (Phi) is 19.8. The lowest BCUT2D eigenvalue weighted by Crippen LogP contribution is -2.28. The van der Waals surface area contributed by atoms with E-state index in [2.05, 4.69) is 79.1 Å². The summed E-state index contributed by atoms with van der Waals surface area (Å²) >= 11 is 0. The molecule has 3 unspecified atom stereocenters. The Labute approximate surface area is 255 Å². The SMILES string of the molecule is C=C=C(C=C)CCC(CCC)(CCCC(CCC(=C)C=C)(CCC(=O)CC=C)CC(C)C(=C)C=C)CCC(=C)CC. The van der Waals surface area contributed by atoms with Crippen molar-refractivity contribution >= 4 is 5.78 Å². The molecule has 0 heterocycles. The summed E-state index contributed by atoms with van der Waals surface area (Å²) in [4.78, 5) is 12.7. The van der Waals surface area contributed by atoms with E-state index in [0.29, 0.717) is 18.8 Å². The normalized spacial score (nSPS) is 14.4. The highest BCUT2D eigenvalue weighted by molar-refractivity contribution is 5.79. The second-order valence-electron chi connectivity index (χ2n) is 12.4. The zero-order chi connectivity index (χ0) is 31.3. The van der Waals surface area contributed by atoms with Crippen LogP contribution in [0.4, 0.5) is 0 Å². The fourth-order valence-corrected chi connectivity index (χ4v) is 6.26. The van der Waals surface area contributed by atoms with Crippen molar-refractivity contribution in [1.82, 2.24) is 0 Å². The standard InChI is InChI=1S/C40H62O/c1-12-20-38(41)24-31-40(29-22-34(9)15-4,32-36(11)35(10)16-5)27-19-26-39(25-13-2,28-21-33(8)14-3)30-23-37(17-6)18-7/h12,15-17,36H,1,4-10,13-14,19-32H2,2-3,11H3. The second kappa shape index (κ2) is 21.1. The van der Waals surface area contributed by atoms with Gasteiger partial charge in [0.25, 0.3) is 0 Å². The van der Waals surface area contributed by atoms with Crippen LogP contribution < -0.4 is 0 Å². The van der Waals surface area contributed by atoms with Crippen LogP contribution in [0.25, 0.3) is 0 Å². The molecule has 228 valence electrons. The highest BCUT2D eigenvalue weighted by Gasteiger charge is 2.35. The summed E-state index contributed by atoms with van der Waals surface area (Å²) < 4.78 is 0. The molecule has 0 radical (unpaired) electrons. The van der Waals surface area contributed by atoms with E-state index in [9.17, 15) is 4.79 Å². The van der Waals surface area contributed by atoms with Crippen LogP contribution in [-0.2, 0) is 4.79 Å². The molecule has 41 heavy (non-hydrogen) atoms. The summed E-state index contributed by atoms with van der Waals surface area (Å²) in [5.74, 6) is 0.578. The molecule has 0 fully saturated rings. The summed E-state index contributed by atoms with van der Waals surface area (Å²) in [6.07, 6.45) is 23.3. The van der Waals surface area contributed by atoms with E-state index in [0.717, 1.165) is 93.8 Å². The molecule has 0 aromatic heterocycles. The van der Waals surface area contributed by atoms with Gasteiger partial charge < -0.3 is 0 Å². The van der Waals surface area contributed by atoms with Gasteiger partial charge in [0, 0.05) is 12.8 Å². The molecule has 0 aromatic rings. The number of hydrogen-bond acceptors (Lipinski definition) is 1. The minimum absolute atomic E-state index is 0.0203. The number of ketones is 1. The minimum atomic E-state index is 0.0203. The third-order valence-corrected chi connectivity index (χ3v) is 9.31. The number of Topliss-reactive ketones (excluding diaryl/α,β-unsaturated/α-hetero) is 1. The van der Waals surface area contributed by atoms with Gasteiger partial charge in [0.2, 0.25) is 0 Å². The third-order valence-electron chi connectivity index (χ3n) is 9.31. The first-order valence-electron chi connectivity index (χ1n) is 15.9. The Bertz CT molecular complexity index is 951.